The van der Waals surface area contributed by atoms with Gasteiger partial charge in [-0.2, -0.15) is 0 Å². The van der Waals surface area contributed by atoms with Crippen LogP contribution in [0.4, 0.5) is 17.1 Å². The van der Waals surface area contributed by atoms with Crippen molar-refractivity contribution in [2.75, 3.05) is 28.6 Å². The molecule has 5 heteroatoms. The van der Waals surface area contributed by atoms with Crippen LogP contribution in [0.25, 0.3) is 0 Å². The quantitative estimate of drug-likeness (QED) is 0.897. The van der Waals surface area contributed by atoms with E-state index in [4.69, 9.17) is 0 Å². The first-order valence-corrected chi connectivity index (χ1v) is 8.60. The monoisotopic (exact) mass is 337 g/mol. The highest BCUT2D eigenvalue weighted by molar-refractivity contribution is 5.94. The molecule has 2 N–H and O–H groups in total. The number of carbonyl (C=O) groups excluding carboxylic acids is 2. The minimum absolute atomic E-state index is 0.0179. The molecule has 0 aromatic heterocycles. The molecular formula is C20H23N3O2. The zero-order valence-corrected chi connectivity index (χ0v) is 14.4. The van der Waals surface area contributed by atoms with E-state index in [-0.39, 0.29) is 17.7 Å². The summed E-state index contributed by atoms with van der Waals surface area (Å²) in [6.45, 7) is 3.23. The van der Waals surface area contributed by atoms with Crippen molar-refractivity contribution in [1.29, 1.82) is 0 Å². The van der Waals surface area contributed by atoms with E-state index in [2.05, 4.69) is 27.7 Å². The van der Waals surface area contributed by atoms with Gasteiger partial charge in [0.15, 0.2) is 0 Å². The molecule has 0 atom stereocenters. The Balaban J connectivity index is 1.55. The van der Waals surface area contributed by atoms with Gasteiger partial charge in [-0.3, -0.25) is 9.59 Å². The molecule has 25 heavy (non-hydrogen) atoms. The molecular weight excluding hydrogens is 314 g/mol. The van der Waals surface area contributed by atoms with E-state index in [0.29, 0.717) is 11.4 Å². The van der Waals surface area contributed by atoms with Crippen LogP contribution in [-0.4, -0.2) is 24.9 Å². The Morgan fingerprint density at radius 1 is 0.920 bits per heavy atom. The number of piperidine rings is 1. The molecule has 1 aliphatic rings. The van der Waals surface area contributed by atoms with Crippen molar-refractivity contribution in [3.8, 4) is 0 Å². The summed E-state index contributed by atoms with van der Waals surface area (Å²) < 4.78 is 0. The molecule has 1 heterocycles. The van der Waals surface area contributed by atoms with E-state index in [1.54, 1.807) is 12.1 Å². The first-order chi connectivity index (χ1) is 12.1. The summed E-state index contributed by atoms with van der Waals surface area (Å²) in [7, 11) is 0. The van der Waals surface area contributed by atoms with Crippen LogP contribution in [0.15, 0.2) is 54.6 Å². The number of benzene rings is 2. The van der Waals surface area contributed by atoms with Gasteiger partial charge in [-0.1, -0.05) is 24.3 Å². The van der Waals surface area contributed by atoms with E-state index < -0.39 is 0 Å². The second-order valence-electron chi connectivity index (χ2n) is 6.35. The minimum Gasteiger partial charge on any atom is -0.371 e. The summed E-state index contributed by atoms with van der Waals surface area (Å²) in [5, 5.41) is 5.70. The van der Waals surface area contributed by atoms with Gasteiger partial charge in [-0.15, -0.1) is 0 Å². The van der Waals surface area contributed by atoms with Crippen molar-refractivity contribution in [2.24, 2.45) is 5.92 Å². The van der Waals surface area contributed by atoms with E-state index in [0.717, 1.165) is 25.9 Å². The molecule has 0 radical (unpaired) electrons. The molecule has 1 saturated heterocycles. The molecule has 0 saturated carbocycles. The molecule has 0 unspecified atom stereocenters. The Morgan fingerprint density at radius 2 is 1.56 bits per heavy atom. The summed E-state index contributed by atoms with van der Waals surface area (Å²) in [5.41, 5.74) is 2.61. The van der Waals surface area contributed by atoms with Crippen molar-refractivity contribution >= 4 is 28.9 Å². The average molecular weight is 337 g/mol. The summed E-state index contributed by atoms with van der Waals surface area (Å²) >= 11 is 0. The van der Waals surface area contributed by atoms with Crippen molar-refractivity contribution in [2.45, 2.75) is 19.8 Å². The molecule has 5 nitrogen and oxygen atoms in total. The standard InChI is InChI=1S/C20H23N3O2/c1-15(24)21-17-6-5-7-18(14-17)22-20(25)16-10-12-23(13-11-16)19-8-3-2-4-9-19/h2-9,14,16H,10-13H2,1H3,(H,21,24)(H,22,25). The second-order valence-corrected chi connectivity index (χ2v) is 6.35. The lowest BCUT2D eigenvalue weighted by Crippen LogP contribution is -2.38. The van der Waals surface area contributed by atoms with Gasteiger partial charge in [0.2, 0.25) is 11.8 Å². The highest BCUT2D eigenvalue weighted by Crippen LogP contribution is 2.24. The van der Waals surface area contributed by atoms with Crippen LogP contribution in [-0.2, 0) is 9.59 Å². The number of nitrogens with zero attached hydrogens (tertiary/aromatic N) is 1. The van der Waals surface area contributed by atoms with Crippen molar-refractivity contribution in [3.05, 3.63) is 54.6 Å². The van der Waals surface area contributed by atoms with Gasteiger partial charge in [0.05, 0.1) is 0 Å². The molecule has 0 bridgehead atoms. The smallest absolute Gasteiger partial charge is 0.227 e. The topological polar surface area (TPSA) is 61.4 Å². The first kappa shape index (κ1) is 17.0. The third kappa shape index (κ3) is 4.59. The lowest BCUT2D eigenvalue weighted by Gasteiger charge is -2.33. The van der Waals surface area contributed by atoms with E-state index in [9.17, 15) is 9.59 Å². The Kier molecular flexibility index (Phi) is 5.33. The summed E-state index contributed by atoms with van der Waals surface area (Å²) in [4.78, 5) is 26.0. The number of hydrogen-bond acceptors (Lipinski definition) is 3. The number of anilines is 3. The van der Waals surface area contributed by atoms with Gasteiger partial charge in [0.1, 0.15) is 0 Å². The maximum absolute atomic E-state index is 12.5. The van der Waals surface area contributed by atoms with Gasteiger partial charge in [0.25, 0.3) is 0 Å². The van der Waals surface area contributed by atoms with Crippen LogP contribution >= 0.6 is 0 Å². The fourth-order valence-electron chi connectivity index (χ4n) is 3.16. The van der Waals surface area contributed by atoms with Crippen LogP contribution in [0.3, 0.4) is 0 Å². The molecule has 2 aromatic rings. The summed E-state index contributed by atoms with van der Waals surface area (Å²) in [6, 6.07) is 17.5. The minimum atomic E-state index is -0.128. The summed E-state index contributed by atoms with van der Waals surface area (Å²) in [6.07, 6.45) is 1.68. The molecule has 2 aromatic carbocycles. The number of para-hydroxylation sites is 1. The van der Waals surface area contributed by atoms with Crippen LogP contribution in [0.2, 0.25) is 0 Å². The number of carbonyl (C=O) groups is 2. The molecule has 0 spiro atoms. The normalized spacial score (nSPS) is 14.8. The fourth-order valence-corrected chi connectivity index (χ4v) is 3.16. The van der Waals surface area contributed by atoms with Crippen molar-refractivity contribution in [1.82, 2.24) is 0 Å². The van der Waals surface area contributed by atoms with Gasteiger partial charge in [-0.05, 0) is 43.2 Å². The van der Waals surface area contributed by atoms with Crippen LogP contribution in [0.1, 0.15) is 19.8 Å². The predicted octanol–water partition coefficient (Wildman–Crippen LogP) is 3.50. The highest BCUT2D eigenvalue weighted by Gasteiger charge is 2.25. The van der Waals surface area contributed by atoms with Crippen molar-refractivity contribution in [3.63, 3.8) is 0 Å². The molecule has 130 valence electrons. The van der Waals surface area contributed by atoms with Crippen molar-refractivity contribution < 1.29 is 9.59 Å². The lowest BCUT2D eigenvalue weighted by molar-refractivity contribution is -0.120. The predicted molar refractivity (Wildman–Crippen MR) is 101 cm³/mol. The number of nitrogens with one attached hydrogen (secondary N) is 2. The molecule has 3 rings (SSSR count). The average Bonchev–Trinajstić information content (AvgIpc) is 2.62. The third-order valence-electron chi connectivity index (χ3n) is 4.44. The van der Waals surface area contributed by atoms with E-state index in [1.807, 2.05) is 30.3 Å². The fraction of sp³-hybridized carbons (Fsp3) is 0.300. The van der Waals surface area contributed by atoms with Crippen LogP contribution in [0, 0.1) is 5.92 Å². The Bertz CT molecular complexity index is 738. The largest absolute Gasteiger partial charge is 0.371 e. The zero-order valence-electron chi connectivity index (χ0n) is 14.4. The van der Waals surface area contributed by atoms with Gasteiger partial charge >= 0.3 is 0 Å². The SMILES string of the molecule is CC(=O)Nc1cccc(NC(=O)C2CCN(c3ccccc3)CC2)c1. The van der Waals surface area contributed by atoms with Gasteiger partial charge in [-0.25, -0.2) is 0 Å². The Hall–Kier alpha value is -2.82. The molecule has 1 aliphatic heterocycles. The molecule has 1 fully saturated rings. The second kappa shape index (κ2) is 7.83. The van der Waals surface area contributed by atoms with E-state index >= 15 is 0 Å². The van der Waals surface area contributed by atoms with Gasteiger partial charge < -0.3 is 15.5 Å². The summed E-state index contributed by atoms with van der Waals surface area (Å²) in [5.74, 6) is -0.0613. The first-order valence-electron chi connectivity index (χ1n) is 8.60. The highest BCUT2D eigenvalue weighted by atomic mass is 16.2. The Morgan fingerprint density at radius 3 is 2.20 bits per heavy atom. The van der Waals surface area contributed by atoms with Crippen LogP contribution in [0.5, 0.6) is 0 Å². The number of amides is 2. The maximum atomic E-state index is 12.5. The molecule has 2 amide bonds. The number of hydrogen-bond donors (Lipinski definition) is 2. The lowest BCUT2D eigenvalue weighted by atomic mass is 9.95. The number of rotatable bonds is 4. The maximum Gasteiger partial charge on any atom is 0.227 e. The van der Waals surface area contributed by atoms with Crippen LogP contribution < -0.4 is 15.5 Å². The van der Waals surface area contributed by atoms with E-state index in [1.165, 1.54) is 12.6 Å². The third-order valence-corrected chi connectivity index (χ3v) is 4.44. The molecule has 0 aliphatic carbocycles. The van der Waals surface area contributed by atoms with Gasteiger partial charge in [0, 0.05) is 43.0 Å². The zero-order chi connectivity index (χ0) is 17.6. The Labute approximate surface area is 148 Å².